The summed E-state index contributed by atoms with van der Waals surface area (Å²) in [5.74, 6) is 2.20. The number of methoxy groups -OCH3 is 3. The number of nitrogens with zero attached hydrogens (tertiary/aromatic N) is 1. The summed E-state index contributed by atoms with van der Waals surface area (Å²) in [5, 5.41) is 2.93. The second-order valence-electron chi connectivity index (χ2n) is 6.44. The van der Waals surface area contributed by atoms with Gasteiger partial charge in [0.25, 0.3) is 0 Å². The van der Waals surface area contributed by atoms with E-state index in [-0.39, 0.29) is 5.91 Å². The number of ether oxygens (including phenoxy) is 4. The van der Waals surface area contributed by atoms with E-state index in [9.17, 15) is 4.79 Å². The average molecular weight is 402 g/mol. The maximum absolute atomic E-state index is 12.4. The molecule has 0 saturated carbocycles. The number of carbonyl (C=O) groups is 1. The molecule has 1 aromatic carbocycles. The third-order valence-electron chi connectivity index (χ3n) is 4.47. The number of pyridine rings is 1. The van der Waals surface area contributed by atoms with Gasteiger partial charge in [0.2, 0.25) is 17.5 Å². The van der Waals surface area contributed by atoms with Crippen LogP contribution in [0.2, 0.25) is 0 Å². The molecule has 1 N–H and O–H groups in total. The third-order valence-corrected chi connectivity index (χ3v) is 4.47. The SMILES string of the molecule is CCCCOc1ncccc1CNC(=O)CCc1ccc(OC)c(OC)c1OC. The highest BCUT2D eigenvalue weighted by molar-refractivity contribution is 5.76. The maximum Gasteiger partial charge on any atom is 0.220 e. The Hall–Kier alpha value is -2.96. The zero-order chi connectivity index (χ0) is 21.1. The molecule has 7 nitrogen and oxygen atoms in total. The van der Waals surface area contributed by atoms with Crippen LogP contribution < -0.4 is 24.3 Å². The van der Waals surface area contributed by atoms with E-state index in [0.29, 0.717) is 49.1 Å². The third kappa shape index (κ3) is 6.27. The highest BCUT2D eigenvalue weighted by Gasteiger charge is 2.16. The van der Waals surface area contributed by atoms with Crippen LogP contribution in [0.25, 0.3) is 0 Å². The summed E-state index contributed by atoms with van der Waals surface area (Å²) in [6.45, 7) is 3.10. The van der Waals surface area contributed by atoms with Gasteiger partial charge in [-0.15, -0.1) is 0 Å². The topological polar surface area (TPSA) is 78.9 Å². The van der Waals surface area contributed by atoms with Crippen LogP contribution in [-0.2, 0) is 17.8 Å². The van der Waals surface area contributed by atoms with Gasteiger partial charge in [0.1, 0.15) is 0 Å². The lowest BCUT2D eigenvalue weighted by Crippen LogP contribution is -2.23. The Morgan fingerprint density at radius 2 is 1.83 bits per heavy atom. The van der Waals surface area contributed by atoms with Crippen molar-refractivity contribution in [3.63, 3.8) is 0 Å². The Morgan fingerprint density at radius 3 is 2.52 bits per heavy atom. The number of benzene rings is 1. The monoisotopic (exact) mass is 402 g/mol. The molecule has 0 aliphatic heterocycles. The van der Waals surface area contributed by atoms with E-state index >= 15 is 0 Å². The summed E-state index contributed by atoms with van der Waals surface area (Å²) in [7, 11) is 4.71. The number of aromatic nitrogens is 1. The molecule has 7 heteroatoms. The second-order valence-corrected chi connectivity index (χ2v) is 6.44. The molecule has 0 saturated heterocycles. The van der Waals surface area contributed by atoms with E-state index in [1.807, 2.05) is 24.3 Å². The first-order valence-electron chi connectivity index (χ1n) is 9.75. The average Bonchev–Trinajstić information content (AvgIpc) is 2.76. The van der Waals surface area contributed by atoms with Gasteiger partial charge in [-0.25, -0.2) is 4.98 Å². The minimum Gasteiger partial charge on any atom is -0.493 e. The molecule has 1 amide bonds. The van der Waals surface area contributed by atoms with E-state index in [2.05, 4.69) is 17.2 Å². The fourth-order valence-corrected chi connectivity index (χ4v) is 2.89. The van der Waals surface area contributed by atoms with Crippen molar-refractivity contribution < 1.29 is 23.7 Å². The molecular weight excluding hydrogens is 372 g/mol. The molecule has 0 bridgehead atoms. The van der Waals surface area contributed by atoms with Gasteiger partial charge < -0.3 is 24.3 Å². The molecule has 0 unspecified atom stereocenters. The van der Waals surface area contributed by atoms with Crippen LogP contribution in [0.5, 0.6) is 23.1 Å². The lowest BCUT2D eigenvalue weighted by atomic mass is 10.1. The van der Waals surface area contributed by atoms with Crippen LogP contribution in [0.15, 0.2) is 30.5 Å². The van der Waals surface area contributed by atoms with Gasteiger partial charge >= 0.3 is 0 Å². The summed E-state index contributed by atoms with van der Waals surface area (Å²) in [4.78, 5) is 16.6. The van der Waals surface area contributed by atoms with Gasteiger partial charge in [0.15, 0.2) is 11.5 Å². The molecule has 0 fully saturated rings. The standard InChI is InChI=1S/C22H30N2O5/c1-5-6-14-29-22-17(8-7-13-23-22)15-24-19(25)12-10-16-9-11-18(26-2)21(28-4)20(16)27-3/h7-9,11,13H,5-6,10,12,14-15H2,1-4H3,(H,24,25). The molecule has 1 heterocycles. The van der Waals surface area contributed by atoms with Crippen LogP contribution in [0.4, 0.5) is 0 Å². The fraction of sp³-hybridized carbons (Fsp3) is 0.455. The van der Waals surface area contributed by atoms with Gasteiger partial charge in [-0.05, 0) is 30.5 Å². The Balaban J connectivity index is 1.94. The Kier molecular flexibility index (Phi) is 9.08. The van der Waals surface area contributed by atoms with Gasteiger partial charge in [-0.2, -0.15) is 0 Å². The number of rotatable bonds is 12. The van der Waals surface area contributed by atoms with Crippen molar-refractivity contribution in [3.8, 4) is 23.1 Å². The number of hydrogen-bond donors (Lipinski definition) is 1. The lowest BCUT2D eigenvalue weighted by molar-refractivity contribution is -0.121. The van der Waals surface area contributed by atoms with Gasteiger partial charge in [0, 0.05) is 24.7 Å². The molecule has 0 atom stereocenters. The Morgan fingerprint density at radius 1 is 1.03 bits per heavy atom. The molecular formula is C22H30N2O5. The molecule has 0 spiro atoms. The van der Waals surface area contributed by atoms with Crippen LogP contribution in [-0.4, -0.2) is 38.8 Å². The zero-order valence-corrected chi connectivity index (χ0v) is 17.6. The summed E-state index contributed by atoms with van der Waals surface area (Å²) < 4.78 is 21.9. The Bertz CT molecular complexity index is 795. The van der Waals surface area contributed by atoms with Crippen molar-refractivity contribution in [1.29, 1.82) is 0 Å². The smallest absolute Gasteiger partial charge is 0.220 e. The predicted molar refractivity (Wildman–Crippen MR) is 111 cm³/mol. The number of unbranched alkanes of at least 4 members (excludes halogenated alkanes) is 1. The quantitative estimate of drug-likeness (QED) is 0.547. The second kappa shape index (κ2) is 11.8. The highest BCUT2D eigenvalue weighted by Crippen LogP contribution is 2.40. The molecule has 2 aromatic rings. The summed E-state index contributed by atoms with van der Waals surface area (Å²) in [6, 6.07) is 7.44. The van der Waals surface area contributed by atoms with Crippen molar-refractivity contribution >= 4 is 5.91 Å². The summed E-state index contributed by atoms with van der Waals surface area (Å²) >= 11 is 0. The summed E-state index contributed by atoms with van der Waals surface area (Å²) in [5.41, 5.74) is 1.74. The predicted octanol–water partition coefficient (Wildman–Crippen LogP) is 3.54. The van der Waals surface area contributed by atoms with Crippen molar-refractivity contribution in [2.75, 3.05) is 27.9 Å². The van der Waals surface area contributed by atoms with E-state index < -0.39 is 0 Å². The van der Waals surface area contributed by atoms with Gasteiger partial charge in [0.05, 0.1) is 27.9 Å². The minimum atomic E-state index is -0.0646. The maximum atomic E-state index is 12.4. The van der Waals surface area contributed by atoms with Gasteiger partial charge in [-0.3, -0.25) is 4.79 Å². The fourth-order valence-electron chi connectivity index (χ4n) is 2.89. The summed E-state index contributed by atoms with van der Waals surface area (Å²) in [6.07, 6.45) is 4.55. The first-order chi connectivity index (χ1) is 14.1. The van der Waals surface area contributed by atoms with E-state index in [0.717, 1.165) is 24.0 Å². The molecule has 0 aliphatic rings. The van der Waals surface area contributed by atoms with Crippen molar-refractivity contribution in [2.45, 2.75) is 39.2 Å². The molecule has 29 heavy (non-hydrogen) atoms. The largest absolute Gasteiger partial charge is 0.493 e. The first kappa shape index (κ1) is 22.3. The zero-order valence-electron chi connectivity index (χ0n) is 17.6. The van der Waals surface area contributed by atoms with Crippen LogP contribution >= 0.6 is 0 Å². The number of aryl methyl sites for hydroxylation is 1. The van der Waals surface area contributed by atoms with E-state index in [4.69, 9.17) is 18.9 Å². The molecule has 0 radical (unpaired) electrons. The molecule has 0 aliphatic carbocycles. The Labute approximate surface area is 172 Å². The number of amides is 1. The van der Waals surface area contributed by atoms with Crippen molar-refractivity contribution in [1.82, 2.24) is 10.3 Å². The molecule has 2 rings (SSSR count). The molecule has 1 aromatic heterocycles. The normalized spacial score (nSPS) is 10.3. The highest BCUT2D eigenvalue weighted by atomic mass is 16.5. The van der Waals surface area contributed by atoms with Crippen LogP contribution in [0, 0.1) is 0 Å². The van der Waals surface area contributed by atoms with Crippen molar-refractivity contribution in [3.05, 3.63) is 41.6 Å². The number of hydrogen-bond acceptors (Lipinski definition) is 6. The van der Waals surface area contributed by atoms with E-state index in [1.54, 1.807) is 27.5 Å². The van der Waals surface area contributed by atoms with E-state index in [1.165, 1.54) is 0 Å². The van der Waals surface area contributed by atoms with Crippen LogP contribution in [0.3, 0.4) is 0 Å². The number of carbonyl (C=O) groups excluding carboxylic acids is 1. The minimum absolute atomic E-state index is 0.0646. The number of nitrogens with one attached hydrogen (secondary N) is 1. The molecule has 158 valence electrons. The van der Waals surface area contributed by atoms with Gasteiger partial charge in [-0.1, -0.05) is 25.5 Å². The lowest BCUT2D eigenvalue weighted by Gasteiger charge is -2.15. The van der Waals surface area contributed by atoms with Crippen LogP contribution in [0.1, 0.15) is 37.3 Å². The first-order valence-corrected chi connectivity index (χ1v) is 9.75. The van der Waals surface area contributed by atoms with Crippen molar-refractivity contribution in [2.24, 2.45) is 0 Å².